The molecule has 6 rings (SSSR count). The summed E-state index contributed by atoms with van der Waals surface area (Å²) in [6.45, 7) is 0. The lowest BCUT2D eigenvalue weighted by atomic mass is 9.48. The number of hydrogen-bond acceptors (Lipinski definition) is 2. The van der Waals surface area contributed by atoms with Crippen molar-refractivity contribution < 1.29 is 10.2 Å². The van der Waals surface area contributed by atoms with Crippen molar-refractivity contribution in [2.24, 2.45) is 59.2 Å². The van der Waals surface area contributed by atoms with Crippen molar-refractivity contribution in [3.05, 3.63) is 0 Å². The molecular weight excluding hydrogens is 404 g/mol. The van der Waals surface area contributed by atoms with Crippen molar-refractivity contribution in [1.29, 1.82) is 0 Å². The van der Waals surface area contributed by atoms with Crippen LogP contribution in [0.5, 0.6) is 0 Å². The fraction of sp³-hybridized carbons (Fsp3) is 1.00. The summed E-state index contributed by atoms with van der Waals surface area (Å²) in [5, 5.41) is 22.0. The Morgan fingerprint density at radius 1 is 0.364 bits per heavy atom. The minimum atomic E-state index is -0.0170. The van der Waals surface area contributed by atoms with Crippen LogP contribution in [0.2, 0.25) is 0 Å². The summed E-state index contributed by atoms with van der Waals surface area (Å²) in [5.74, 6) is 8.40. The van der Waals surface area contributed by atoms with Crippen LogP contribution in [-0.4, -0.2) is 22.4 Å². The summed E-state index contributed by atoms with van der Waals surface area (Å²) in [4.78, 5) is 0. The molecule has 2 heteroatoms. The van der Waals surface area contributed by atoms with Gasteiger partial charge in [0.05, 0.1) is 12.2 Å². The zero-order chi connectivity index (χ0) is 22.4. The van der Waals surface area contributed by atoms with E-state index in [0.717, 1.165) is 60.2 Å². The number of fused-ring (bicyclic) bond motifs is 3. The first kappa shape index (κ1) is 23.3. The summed E-state index contributed by atoms with van der Waals surface area (Å²) in [7, 11) is 0. The lowest BCUT2D eigenvalue weighted by Crippen LogP contribution is -2.52. The molecule has 188 valence electrons. The van der Waals surface area contributed by atoms with Crippen molar-refractivity contribution in [2.75, 3.05) is 0 Å². The van der Waals surface area contributed by atoms with E-state index in [0.29, 0.717) is 11.8 Å². The zero-order valence-electron chi connectivity index (χ0n) is 21.3. The van der Waals surface area contributed by atoms with E-state index < -0.39 is 0 Å². The Morgan fingerprint density at radius 2 is 0.788 bits per heavy atom. The molecule has 0 aromatic carbocycles. The second-order valence-corrected chi connectivity index (χ2v) is 13.7. The molecule has 11 unspecified atom stereocenters. The van der Waals surface area contributed by atoms with E-state index in [-0.39, 0.29) is 12.2 Å². The predicted octanol–water partition coefficient (Wildman–Crippen LogP) is 7.36. The molecule has 0 saturated heterocycles. The molecule has 6 saturated carbocycles. The van der Waals surface area contributed by atoms with Gasteiger partial charge in [-0.2, -0.15) is 0 Å². The number of aliphatic hydroxyl groups is 2. The summed E-state index contributed by atoms with van der Waals surface area (Å²) in [6.07, 6.45) is 26.1. The van der Waals surface area contributed by atoms with Gasteiger partial charge < -0.3 is 10.2 Å². The van der Waals surface area contributed by atoms with Crippen molar-refractivity contribution in [3.8, 4) is 0 Å². The number of hydrogen-bond donors (Lipinski definition) is 2. The lowest BCUT2D eigenvalue weighted by molar-refractivity contribution is -0.113. The van der Waals surface area contributed by atoms with Crippen LogP contribution < -0.4 is 0 Å². The lowest BCUT2D eigenvalue weighted by Gasteiger charge is -2.57. The molecule has 2 N–H and O–H groups in total. The van der Waals surface area contributed by atoms with Crippen LogP contribution in [0.3, 0.4) is 0 Å². The molecular formula is C31H52O2. The van der Waals surface area contributed by atoms with Gasteiger partial charge >= 0.3 is 0 Å². The fourth-order valence-electron chi connectivity index (χ4n) is 11.4. The van der Waals surface area contributed by atoms with Gasteiger partial charge in [0, 0.05) is 0 Å². The van der Waals surface area contributed by atoms with E-state index in [1.165, 1.54) is 109 Å². The minimum Gasteiger partial charge on any atom is -0.393 e. The average Bonchev–Trinajstić information content (AvgIpc) is 2.87. The van der Waals surface area contributed by atoms with Crippen LogP contribution >= 0.6 is 0 Å². The monoisotopic (exact) mass is 456 g/mol. The van der Waals surface area contributed by atoms with Gasteiger partial charge in [-0.05, 0) is 123 Å². The quantitative estimate of drug-likeness (QED) is 0.465. The van der Waals surface area contributed by atoms with Crippen LogP contribution in [0.25, 0.3) is 0 Å². The highest BCUT2D eigenvalue weighted by molar-refractivity contribution is 5.02. The molecule has 6 aliphatic rings. The third kappa shape index (κ3) is 4.36. The van der Waals surface area contributed by atoms with Crippen LogP contribution in [0, 0.1) is 59.2 Å². The highest BCUT2D eigenvalue weighted by atomic mass is 16.3. The van der Waals surface area contributed by atoms with Crippen molar-refractivity contribution in [3.63, 3.8) is 0 Å². The van der Waals surface area contributed by atoms with E-state index in [9.17, 15) is 10.2 Å². The van der Waals surface area contributed by atoms with Gasteiger partial charge in [-0.25, -0.2) is 0 Å². The third-order valence-electron chi connectivity index (χ3n) is 12.5. The Labute approximate surface area is 203 Å². The molecule has 6 aliphatic carbocycles. The normalized spacial score (nSPS) is 51.6. The largest absolute Gasteiger partial charge is 0.393 e. The Hall–Kier alpha value is -0.0800. The molecule has 0 amide bonds. The SMILES string of the molecule is OC1CCC(C(C2CCCC3CCCCC32)C2CCC(O)C3CCCCC32)C2CCCCC12. The maximum Gasteiger partial charge on any atom is 0.0571 e. The Morgan fingerprint density at radius 3 is 1.36 bits per heavy atom. The molecule has 0 spiro atoms. The number of rotatable bonds is 3. The van der Waals surface area contributed by atoms with Gasteiger partial charge in [-0.15, -0.1) is 0 Å². The number of aliphatic hydroxyl groups excluding tert-OH is 2. The molecule has 0 aliphatic heterocycles. The first-order valence-electron chi connectivity index (χ1n) is 15.6. The summed E-state index contributed by atoms with van der Waals surface area (Å²) in [5.41, 5.74) is 0. The molecule has 11 atom stereocenters. The maximum atomic E-state index is 11.0. The third-order valence-corrected chi connectivity index (χ3v) is 12.5. The van der Waals surface area contributed by atoms with E-state index >= 15 is 0 Å². The topological polar surface area (TPSA) is 40.5 Å². The van der Waals surface area contributed by atoms with Gasteiger partial charge in [-0.1, -0.05) is 57.8 Å². The highest BCUT2D eigenvalue weighted by Crippen LogP contribution is 2.59. The van der Waals surface area contributed by atoms with E-state index in [2.05, 4.69) is 0 Å². The van der Waals surface area contributed by atoms with E-state index in [4.69, 9.17) is 0 Å². The first-order chi connectivity index (χ1) is 16.2. The molecule has 6 fully saturated rings. The van der Waals surface area contributed by atoms with Crippen LogP contribution in [0.4, 0.5) is 0 Å². The minimum absolute atomic E-state index is 0.0170. The summed E-state index contributed by atoms with van der Waals surface area (Å²) < 4.78 is 0. The zero-order valence-corrected chi connectivity index (χ0v) is 21.3. The van der Waals surface area contributed by atoms with Gasteiger partial charge in [0.2, 0.25) is 0 Å². The predicted molar refractivity (Wildman–Crippen MR) is 135 cm³/mol. The molecule has 33 heavy (non-hydrogen) atoms. The molecule has 2 nitrogen and oxygen atoms in total. The van der Waals surface area contributed by atoms with Crippen LogP contribution in [0.15, 0.2) is 0 Å². The second-order valence-electron chi connectivity index (χ2n) is 13.7. The standard InChI is InChI=1S/C31H52O2/c32-29-18-16-27(22-11-3-5-13-24(22)29)31(26-15-7-9-20-8-1-2-10-21(20)26)28-17-19-30(33)25-14-6-4-12-23(25)28/h20-33H,1-19H2. The second kappa shape index (κ2) is 10.1. The van der Waals surface area contributed by atoms with Gasteiger partial charge in [0.15, 0.2) is 0 Å². The van der Waals surface area contributed by atoms with E-state index in [1.54, 1.807) is 0 Å². The Kier molecular flexibility index (Phi) is 7.15. The van der Waals surface area contributed by atoms with Crippen molar-refractivity contribution >= 4 is 0 Å². The molecule has 0 radical (unpaired) electrons. The molecule has 0 aromatic heterocycles. The van der Waals surface area contributed by atoms with Crippen LogP contribution in [0.1, 0.15) is 122 Å². The smallest absolute Gasteiger partial charge is 0.0571 e. The Bertz CT molecular complexity index is 607. The Balaban J connectivity index is 1.35. The van der Waals surface area contributed by atoms with Crippen LogP contribution in [-0.2, 0) is 0 Å². The summed E-state index contributed by atoms with van der Waals surface area (Å²) in [6, 6.07) is 0. The maximum absolute atomic E-state index is 11.0. The van der Waals surface area contributed by atoms with Crippen molar-refractivity contribution in [2.45, 2.75) is 134 Å². The molecule has 0 aromatic rings. The fourth-order valence-corrected chi connectivity index (χ4v) is 11.4. The van der Waals surface area contributed by atoms with Gasteiger partial charge in [0.1, 0.15) is 0 Å². The summed E-state index contributed by atoms with van der Waals surface area (Å²) >= 11 is 0. The van der Waals surface area contributed by atoms with Gasteiger partial charge in [-0.3, -0.25) is 0 Å². The first-order valence-corrected chi connectivity index (χ1v) is 15.6. The average molecular weight is 457 g/mol. The van der Waals surface area contributed by atoms with Crippen molar-refractivity contribution in [1.82, 2.24) is 0 Å². The van der Waals surface area contributed by atoms with Gasteiger partial charge in [0.25, 0.3) is 0 Å². The van der Waals surface area contributed by atoms with E-state index in [1.807, 2.05) is 0 Å². The molecule has 0 heterocycles. The molecule has 0 bridgehead atoms. The highest BCUT2D eigenvalue weighted by Gasteiger charge is 2.53.